The minimum absolute atomic E-state index is 0.00435. The van der Waals surface area contributed by atoms with Crippen molar-refractivity contribution < 1.29 is 17.6 Å². The van der Waals surface area contributed by atoms with E-state index in [-0.39, 0.29) is 18.0 Å². The maximum Gasteiger partial charge on any atom is 0.339 e. The lowest BCUT2D eigenvalue weighted by Gasteiger charge is -2.21. The third kappa shape index (κ3) is 6.82. The Morgan fingerprint density at radius 3 is 2.25 bits per heavy atom. The second-order valence-electron chi connectivity index (χ2n) is 7.71. The van der Waals surface area contributed by atoms with Crippen LogP contribution in [0.15, 0.2) is 111 Å². The zero-order valence-corrected chi connectivity index (χ0v) is 20.6. The fourth-order valence-electron chi connectivity index (χ4n) is 3.33. The molecule has 0 aliphatic rings. The topological polar surface area (TPSA) is 104 Å². The van der Waals surface area contributed by atoms with Gasteiger partial charge in [-0.05, 0) is 54.1 Å². The van der Waals surface area contributed by atoms with Crippen LogP contribution >= 0.6 is 11.6 Å². The van der Waals surface area contributed by atoms with Gasteiger partial charge in [0.1, 0.15) is 11.5 Å². The largest absolute Gasteiger partial charge is 0.459 e. The molecule has 36 heavy (non-hydrogen) atoms. The zero-order valence-electron chi connectivity index (χ0n) is 19.0. The summed E-state index contributed by atoms with van der Waals surface area (Å²) in [4.78, 5) is 12.1. The van der Waals surface area contributed by atoms with E-state index >= 15 is 0 Å². The van der Waals surface area contributed by atoms with Crippen molar-refractivity contribution in [2.24, 2.45) is 5.10 Å². The summed E-state index contributed by atoms with van der Waals surface area (Å²) in [6.07, 6.45) is 1.34. The summed E-state index contributed by atoms with van der Waals surface area (Å²) in [5, 5.41) is 6.97. The number of hydrogen-bond donors (Lipinski definition) is 2. The number of rotatable bonds is 9. The molecule has 0 atom stereocenters. The fourth-order valence-corrected chi connectivity index (χ4v) is 4.85. The summed E-state index contributed by atoms with van der Waals surface area (Å²) in [7, 11) is -3.85. The van der Waals surface area contributed by atoms with Crippen LogP contribution in [0.3, 0.4) is 0 Å². The van der Waals surface area contributed by atoms with Crippen molar-refractivity contribution in [3.8, 4) is 0 Å². The summed E-state index contributed by atoms with van der Waals surface area (Å²) < 4.78 is 33.9. The molecule has 4 aromatic rings. The molecule has 0 spiro atoms. The van der Waals surface area contributed by atoms with Crippen molar-refractivity contribution in [3.05, 3.63) is 119 Å². The van der Waals surface area contributed by atoms with Crippen LogP contribution in [0, 0.1) is 0 Å². The van der Waals surface area contributed by atoms with Crippen LogP contribution in [0.4, 0.5) is 10.5 Å². The SMILES string of the molecule is O=C(N/N=C\c1ccc(CN(Cc2ccccc2)S(=O)(=O)c2ccc(Cl)cc2)o1)Nc1ccccc1. The maximum absolute atomic E-state index is 13.4. The molecule has 1 aromatic heterocycles. The summed E-state index contributed by atoms with van der Waals surface area (Å²) >= 11 is 5.94. The normalized spacial score (nSPS) is 11.6. The number of urea groups is 1. The Bertz CT molecular complexity index is 1420. The Morgan fingerprint density at radius 2 is 1.56 bits per heavy atom. The number of furan rings is 1. The first kappa shape index (κ1) is 25.2. The molecule has 0 aliphatic heterocycles. The van der Waals surface area contributed by atoms with E-state index in [0.29, 0.717) is 22.2 Å². The summed E-state index contributed by atoms with van der Waals surface area (Å²) in [6.45, 7) is 0.146. The lowest BCUT2D eigenvalue weighted by molar-refractivity contribution is 0.252. The molecule has 0 saturated heterocycles. The Kier molecular flexibility index (Phi) is 8.17. The van der Waals surface area contributed by atoms with Crippen LogP contribution < -0.4 is 10.7 Å². The van der Waals surface area contributed by atoms with Gasteiger partial charge in [0, 0.05) is 17.3 Å². The van der Waals surface area contributed by atoms with Crippen LogP contribution in [0.1, 0.15) is 17.1 Å². The molecule has 0 aliphatic carbocycles. The molecule has 0 fully saturated rings. The Labute approximate surface area is 214 Å². The van der Waals surface area contributed by atoms with E-state index in [2.05, 4.69) is 15.8 Å². The van der Waals surface area contributed by atoms with Crippen LogP contribution in [-0.4, -0.2) is 25.0 Å². The number of carbonyl (C=O) groups excluding carboxylic acids is 1. The standard InChI is InChI=1S/C26H23ClN4O4S/c27-21-11-15-25(16-12-21)36(33,34)31(18-20-7-3-1-4-8-20)19-24-14-13-23(35-24)17-28-30-26(32)29-22-9-5-2-6-10-22/h1-17H,18-19H2,(H2,29,30,32)/b28-17-. The molecule has 0 bridgehead atoms. The number of nitrogens with zero attached hydrogens (tertiary/aromatic N) is 2. The highest BCUT2D eigenvalue weighted by Gasteiger charge is 2.26. The van der Waals surface area contributed by atoms with Crippen LogP contribution in [0.2, 0.25) is 5.02 Å². The second-order valence-corrected chi connectivity index (χ2v) is 10.1. The number of halogens is 1. The number of benzene rings is 3. The van der Waals surface area contributed by atoms with Gasteiger partial charge in [-0.1, -0.05) is 60.1 Å². The maximum atomic E-state index is 13.4. The number of nitrogens with one attached hydrogen (secondary N) is 2. The molecule has 8 nitrogen and oxygen atoms in total. The van der Waals surface area contributed by atoms with Gasteiger partial charge in [0.25, 0.3) is 0 Å². The van der Waals surface area contributed by atoms with E-state index in [0.717, 1.165) is 5.56 Å². The lowest BCUT2D eigenvalue weighted by Crippen LogP contribution is -2.30. The van der Waals surface area contributed by atoms with Gasteiger partial charge in [-0.15, -0.1) is 0 Å². The molecule has 10 heteroatoms. The molecular formula is C26H23ClN4O4S. The minimum atomic E-state index is -3.85. The van der Waals surface area contributed by atoms with Gasteiger partial charge in [-0.2, -0.15) is 9.41 Å². The van der Waals surface area contributed by atoms with Gasteiger partial charge < -0.3 is 9.73 Å². The zero-order chi connectivity index (χ0) is 25.4. The second kappa shape index (κ2) is 11.7. The van der Waals surface area contributed by atoms with E-state index in [1.165, 1.54) is 34.8 Å². The molecule has 2 N–H and O–H groups in total. The molecule has 3 aromatic carbocycles. The molecule has 1 heterocycles. The number of sulfonamides is 1. The molecule has 0 unspecified atom stereocenters. The van der Waals surface area contributed by atoms with E-state index < -0.39 is 16.1 Å². The average molecular weight is 523 g/mol. The smallest absolute Gasteiger partial charge is 0.339 e. The van der Waals surface area contributed by atoms with E-state index in [1.807, 2.05) is 36.4 Å². The van der Waals surface area contributed by atoms with Gasteiger partial charge in [-0.3, -0.25) is 0 Å². The van der Waals surface area contributed by atoms with Gasteiger partial charge in [0.05, 0.1) is 17.7 Å². The Hall–Kier alpha value is -3.92. The van der Waals surface area contributed by atoms with Crippen molar-refractivity contribution >= 4 is 39.6 Å². The highest BCUT2D eigenvalue weighted by atomic mass is 35.5. The monoisotopic (exact) mass is 522 g/mol. The Balaban J connectivity index is 1.46. The van der Waals surface area contributed by atoms with Crippen molar-refractivity contribution in [1.29, 1.82) is 0 Å². The van der Waals surface area contributed by atoms with E-state index in [4.69, 9.17) is 16.0 Å². The van der Waals surface area contributed by atoms with Crippen LogP contribution in [-0.2, 0) is 23.1 Å². The van der Waals surface area contributed by atoms with Gasteiger partial charge >= 0.3 is 6.03 Å². The van der Waals surface area contributed by atoms with Crippen molar-refractivity contribution in [2.45, 2.75) is 18.0 Å². The molecule has 4 rings (SSSR count). The fraction of sp³-hybridized carbons (Fsp3) is 0.0769. The summed E-state index contributed by atoms with van der Waals surface area (Å²) in [6, 6.07) is 27.1. The van der Waals surface area contributed by atoms with E-state index in [1.54, 1.807) is 36.4 Å². The van der Waals surface area contributed by atoms with Crippen molar-refractivity contribution in [2.75, 3.05) is 5.32 Å². The van der Waals surface area contributed by atoms with Crippen molar-refractivity contribution in [3.63, 3.8) is 0 Å². The number of hydrazone groups is 1. The third-order valence-corrected chi connectivity index (χ3v) is 7.12. The van der Waals surface area contributed by atoms with Gasteiger partial charge in [0.2, 0.25) is 10.0 Å². The van der Waals surface area contributed by atoms with Crippen LogP contribution in [0.25, 0.3) is 0 Å². The number of anilines is 1. The van der Waals surface area contributed by atoms with Crippen molar-refractivity contribution in [1.82, 2.24) is 9.73 Å². The molecule has 0 radical (unpaired) electrons. The predicted octanol–water partition coefficient (Wildman–Crippen LogP) is 5.48. The first-order valence-electron chi connectivity index (χ1n) is 10.9. The predicted molar refractivity (Wildman–Crippen MR) is 139 cm³/mol. The highest BCUT2D eigenvalue weighted by Crippen LogP contribution is 2.23. The van der Waals surface area contributed by atoms with E-state index in [9.17, 15) is 13.2 Å². The number of carbonyl (C=O) groups is 1. The number of para-hydroxylation sites is 1. The van der Waals surface area contributed by atoms with Gasteiger partial charge in [-0.25, -0.2) is 18.6 Å². The number of amides is 2. The van der Waals surface area contributed by atoms with Crippen LogP contribution in [0.5, 0.6) is 0 Å². The molecule has 184 valence electrons. The lowest BCUT2D eigenvalue weighted by atomic mass is 10.2. The highest BCUT2D eigenvalue weighted by molar-refractivity contribution is 7.89. The minimum Gasteiger partial charge on any atom is -0.459 e. The third-order valence-electron chi connectivity index (χ3n) is 5.06. The first-order valence-corrected chi connectivity index (χ1v) is 12.8. The first-order chi connectivity index (χ1) is 17.4. The summed E-state index contributed by atoms with van der Waals surface area (Å²) in [5.41, 5.74) is 3.82. The molecule has 0 saturated carbocycles. The molecular weight excluding hydrogens is 500 g/mol. The van der Waals surface area contributed by atoms with Gasteiger partial charge in [0.15, 0.2) is 0 Å². The number of hydrogen-bond acceptors (Lipinski definition) is 5. The molecule has 2 amide bonds. The Morgan fingerprint density at radius 1 is 0.889 bits per heavy atom. The summed E-state index contributed by atoms with van der Waals surface area (Å²) in [5.74, 6) is 0.771. The average Bonchev–Trinajstić information content (AvgIpc) is 3.32. The quantitative estimate of drug-likeness (QED) is 0.224.